The zero-order chi connectivity index (χ0) is 24.6. The van der Waals surface area contributed by atoms with Crippen molar-refractivity contribution >= 4 is 28.5 Å². The van der Waals surface area contributed by atoms with E-state index in [4.69, 9.17) is 0 Å². The molecule has 0 aliphatic carbocycles. The van der Waals surface area contributed by atoms with Crippen LogP contribution in [-0.2, 0) is 18.4 Å². The van der Waals surface area contributed by atoms with Crippen molar-refractivity contribution in [3.8, 4) is 0 Å². The van der Waals surface area contributed by atoms with Crippen LogP contribution in [0.4, 0.5) is 10.1 Å². The molecule has 0 atom stereocenters. The Morgan fingerprint density at radius 1 is 1.09 bits per heavy atom. The van der Waals surface area contributed by atoms with Crippen LogP contribution in [0.15, 0.2) is 33.9 Å². The minimum absolute atomic E-state index is 0.00236. The van der Waals surface area contributed by atoms with Gasteiger partial charge in [0.05, 0.1) is 10.9 Å². The fourth-order valence-corrected chi connectivity index (χ4v) is 4.19. The highest BCUT2D eigenvalue weighted by Crippen LogP contribution is 2.19. The number of halogens is 1. The van der Waals surface area contributed by atoms with Gasteiger partial charge in [0.25, 0.3) is 11.5 Å². The monoisotopic (exact) mass is 467 g/mol. The summed E-state index contributed by atoms with van der Waals surface area (Å²) in [4.78, 5) is 58.3. The van der Waals surface area contributed by atoms with E-state index >= 15 is 0 Å². The third-order valence-corrected chi connectivity index (χ3v) is 6.05. The van der Waals surface area contributed by atoms with Crippen LogP contribution in [0, 0.1) is 19.7 Å². The number of hydrogen-bond acceptors (Lipinski definition) is 5. The predicted octanol–water partition coefficient (Wildman–Crippen LogP) is 2.12. The maximum Gasteiger partial charge on any atom is 0.332 e. The molecule has 10 heteroatoms. The number of anilines is 1. The second kappa shape index (κ2) is 9.20. The van der Waals surface area contributed by atoms with Crippen LogP contribution in [0.1, 0.15) is 40.9 Å². The van der Waals surface area contributed by atoms with E-state index in [1.54, 1.807) is 24.8 Å². The highest BCUT2D eigenvalue weighted by atomic mass is 19.1. The SMILES string of the molecule is Cc1cc(C(=O)N2CCCCC2)c2c(=O)n(CC(=O)Nc3ccc(C)c(F)c3)c(=O)n(C)c2n1. The Hall–Kier alpha value is -3.82. The molecule has 3 heterocycles. The number of nitrogens with one attached hydrogen (secondary N) is 1. The van der Waals surface area contributed by atoms with Gasteiger partial charge in [-0.1, -0.05) is 6.07 Å². The quantitative estimate of drug-likeness (QED) is 0.633. The van der Waals surface area contributed by atoms with Crippen molar-refractivity contribution in [1.29, 1.82) is 0 Å². The van der Waals surface area contributed by atoms with Crippen molar-refractivity contribution in [2.75, 3.05) is 18.4 Å². The van der Waals surface area contributed by atoms with E-state index in [9.17, 15) is 23.6 Å². The van der Waals surface area contributed by atoms with E-state index in [1.165, 1.54) is 19.2 Å². The topological polar surface area (TPSA) is 106 Å². The second-order valence-electron chi connectivity index (χ2n) is 8.61. The lowest BCUT2D eigenvalue weighted by Gasteiger charge is -2.27. The summed E-state index contributed by atoms with van der Waals surface area (Å²) in [5, 5.41) is 2.50. The summed E-state index contributed by atoms with van der Waals surface area (Å²) in [6.07, 6.45) is 2.81. The van der Waals surface area contributed by atoms with Crippen molar-refractivity contribution < 1.29 is 14.0 Å². The van der Waals surface area contributed by atoms with Gasteiger partial charge in [-0.05, 0) is 56.9 Å². The largest absolute Gasteiger partial charge is 0.339 e. The summed E-state index contributed by atoms with van der Waals surface area (Å²) in [6.45, 7) is 3.88. The molecule has 1 fully saturated rings. The first-order chi connectivity index (χ1) is 16.2. The number of benzene rings is 1. The summed E-state index contributed by atoms with van der Waals surface area (Å²) >= 11 is 0. The number of carbonyl (C=O) groups is 2. The van der Waals surface area contributed by atoms with E-state index in [1.807, 2.05) is 0 Å². The number of aromatic nitrogens is 3. The Morgan fingerprint density at radius 3 is 2.47 bits per heavy atom. The molecule has 178 valence electrons. The van der Waals surface area contributed by atoms with Gasteiger partial charge in [0.1, 0.15) is 18.0 Å². The van der Waals surface area contributed by atoms with Gasteiger partial charge in [-0.25, -0.2) is 14.2 Å². The van der Waals surface area contributed by atoms with Crippen molar-refractivity contribution in [1.82, 2.24) is 19.0 Å². The van der Waals surface area contributed by atoms with Crippen LogP contribution >= 0.6 is 0 Å². The number of aryl methyl sites for hydroxylation is 3. The number of nitrogens with zero attached hydrogens (tertiary/aromatic N) is 4. The van der Waals surface area contributed by atoms with Gasteiger partial charge in [-0.15, -0.1) is 0 Å². The molecule has 0 radical (unpaired) electrons. The van der Waals surface area contributed by atoms with E-state index < -0.39 is 29.5 Å². The fraction of sp³-hybridized carbons (Fsp3) is 0.375. The van der Waals surface area contributed by atoms with Crippen LogP contribution in [0.5, 0.6) is 0 Å². The van der Waals surface area contributed by atoms with Gasteiger partial charge in [-0.2, -0.15) is 0 Å². The van der Waals surface area contributed by atoms with Gasteiger partial charge in [0.2, 0.25) is 5.91 Å². The number of amides is 2. The Kier molecular flexibility index (Phi) is 6.32. The number of fused-ring (bicyclic) bond motifs is 1. The van der Waals surface area contributed by atoms with E-state index in [-0.39, 0.29) is 28.2 Å². The molecular weight excluding hydrogens is 441 g/mol. The summed E-state index contributed by atoms with van der Waals surface area (Å²) in [7, 11) is 1.44. The lowest BCUT2D eigenvalue weighted by atomic mass is 10.1. The van der Waals surface area contributed by atoms with E-state index in [0.717, 1.165) is 34.5 Å². The molecule has 3 aromatic rings. The number of piperidine rings is 1. The Bertz CT molecular complexity index is 1420. The molecule has 2 aromatic heterocycles. The lowest BCUT2D eigenvalue weighted by Crippen LogP contribution is -2.43. The number of pyridine rings is 1. The zero-order valence-electron chi connectivity index (χ0n) is 19.4. The maximum atomic E-state index is 13.8. The van der Waals surface area contributed by atoms with Crippen molar-refractivity contribution in [3.05, 3.63) is 67.7 Å². The molecule has 1 aromatic carbocycles. The number of rotatable bonds is 4. The molecule has 0 saturated carbocycles. The van der Waals surface area contributed by atoms with Crippen LogP contribution in [-0.4, -0.2) is 43.9 Å². The average molecular weight is 468 g/mol. The van der Waals surface area contributed by atoms with Crippen LogP contribution in [0.3, 0.4) is 0 Å². The second-order valence-corrected chi connectivity index (χ2v) is 8.61. The third kappa shape index (κ3) is 4.35. The maximum absolute atomic E-state index is 13.8. The predicted molar refractivity (Wildman–Crippen MR) is 126 cm³/mol. The van der Waals surface area contributed by atoms with Crippen molar-refractivity contribution in [2.24, 2.45) is 7.05 Å². The fourth-order valence-electron chi connectivity index (χ4n) is 4.19. The smallest absolute Gasteiger partial charge is 0.332 e. The summed E-state index contributed by atoms with van der Waals surface area (Å²) in [6, 6.07) is 5.75. The molecule has 34 heavy (non-hydrogen) atoms. The van der Waals surface area contributed by atoms with Gasteiger partial charge < -0.3 is 10.2 Å². The molecule has 0 spiro atoms. The van der Waals surface area contributed by atoms with Gasteiger partial charge >= 0.3 is 5.69 Å². The Morgan fingerprint density at radius 2 is 1.79 bits per heavy atom. The normalized spacial score (nSPS) is 13.8. The standard InChI is InChI=1S/C24H26FN5O4/c1-14-7-8-16(12-18(14)25)27-19(31)13-30-23(33)20-17(22(32)29-9-5-4-6-10-29)11-15(2)26-21(20)28(3)24(30)34/h7-8,11-12H,4-6,9-10,13H2,1-3H3,(H,27,31). The molecule has 2 amide bonds. The van der Waals surface area contributed by atoms with Crippen LogP contribution in [0.25, 0.3) is 11.0 Å². The van der Waals surface area contributed by atoms with Crippen LogP contribution < -0.4 is 16.6 Å². The Labute approximate surface area is 194 Å². The molecular formula is C24H26FN5O4. The molecule has 4 rings (SSSR count). The van der Waals surface area contributed by atoms with E-state index in [0.29, 0.717) is 24.3 Å². The number of hydrogen-bond donors (Lipinski definition) is 1. The summed E-state index contributed by atoms with van der Waals surface area (Å²) < 4.78 is 15.7. The minimum atomic E-state index is -0.767. The molecule has 1 N–H and O–H groups in total. The number of carbonyl (C=O) groups excluding carboxylic acids is 2. The molecule has 0 bridgehead atoms. The first-order valence-corrected chi connectivity index (χ1v) is 11.1. The van der Waals surface area contributed by atoms with Crippen molar-refractivity contribution in [3.63, 3.8) is 0 Å². The average Bonchev–Trinajstić information content (AvgIpc) is 2.82. The minimum Gasteiger partial charge on any atom is -0.339 e. The third-order valence-electron chi connectivity index (χ3n) is 6.05. The zero-order valence-corrected chi connectivity index (χ0v) is 19.4. The van der Waals surface area contributed by atoms with Gasteiger partial charge in [0.15, 0.2) is 0 Å². The first-order valence-electron chi connectivity index (χ1n) is 11.1. The highest BCUT2D eigenvalue weighted by molar-refractivity contribution is 6.05. The van der Waals surface area contributed by atoms with Gasteiger partial charge in [-0.3, -0.25) is 23.5 Å². The van der Waals surface area contributed by atoms with Crippen molar-refractivity contribution in [2.45, 2.75) is 39.7 Å². The summed E-state index contributed by atoms with van der Waals surface area (Å²) in [5.74, 6) is -1.46. The molecule has 1 saturated heterocycles. The Balaban J connectivity index is 1.77. The lowest BCUT2D eigenvalue weighted by molar-refractivity contribution is -0.116. The molecule has 1 aliphatic heterocycles. The molecule has 0 unspecified atom stereocenters. The van der Waals surface area contributed by atoms with Gasteiger partial charge in [0, 0.05) is 31.5 Å². The molecule has 9 nitrogen and oxygen atoms in total. The van der Waals surface area contributed by atoms with E-state index in [2.05, 4.69) is 10.3 Å². The highest BCUT2D eigenvalue weighted by Gasteiger charge is 2.25. The first kappa shape index (κ1) is 23.3. The van der Waals surface area contributed by atoms with Crippen LogP contribution in [0.2, 0.25) is 0 Å². The number of likely N-dealkylation sites (tertiary alicyclic amines) is 1. The summed E-state index contributed by atoms with van der Waals surface area (Å²) in [5.41, 5.74) is -0.122. The molecule has 1 aliphatic rings.